The molecule has 6 rings (SSSR count). The topological polar surface area (TPSA) is 40.5 Å². The average Bonchev–Trinajstić information content (AvgIpc) is 3.00. The van der Waals surface area contributed by atoms with Crippen LogP contribution in [0.2, 0.25) is 0 Å². The molecule has 0 heterocycles. The highest BCUT2D eigenvalue weighted by molar-refractivity contribution is 6.11. The van der Waals surface area contributed by atoms with E-state index in [1.807, 2.05) is 0 Å². The summed E-state index contributed by atoms with van der Waals surface area (Å²) in [5.41, 5.74) is 1.57. The largest absolute Gasteiger partial charge is 0.392 e. The fourth-order valence-electron chi connectivity index (χ4n) is 5.62. The number of aliphatic hydroxyl groups excluding tert-OH is 2. The summed E-state index contributed by atoms with van der Waals surface area (Å²) in [6.45, 7) is -1.25. The summed E-state index contributed by atoms with van der Waals surface area (Å²) in [7, 11) is 0. The van der Waals surface area contributed by atoms with Gasteiger partial charge in [-0.3, -0.25) is 0 Å². The Morgan fingerprint density at radius 2 is 0.786 bits per heavy atom. The van der Waals surface area contributed by atoms with Crippen LogP contribution in [0.15, 0.2) is 84.9 Å². The Hall–Kier alpha value is -4.66. The van der Waals surface area contributed by atoms with Crippen LogP contribution in [0.25, 0.3) is 54.9 Å². The van der Waals surface area contributed by atoms with E-state index in [9.17, 15) is 36.6 Å². The molecule has 0 radical (unpaired) electrons. The van der Waals surface area contributed by atoms with Crippen LogP contribution in [0.5, 0.6) is 0 Å². The highest BCUT2D eigenvalue weighted by Crippen LogP contribution is 2.46. The van der Waals surface area contributed by atoms with Gasteiger partial charge in [0.2, 0.25) is 0 Å². The van der Waals surface area contributed by atoms with Crippen molar-refractivity contribution >= 4 is 21.5 Å². The van der Waals surface area contributed by atoms with Crippen LogP contribution < -0.4 is 0 Å². The number of hydrogen-bond acceptors (Lipinski definition) is 2. The third kappa shape index (κ3) is 4.40. The van der Waals surface area contributed by atoms with Crippen molar-refractivity contribution in [2.75, 3.05) is 0 Å². The van der Waals surface area contributed by atoms with E-state index in [0.29, 0.717) is 32.7 Å². The second-order valence-electron chi connectivity index (χ2n) is 9.82. The minimum absolute atomic E-state index is 0.0314. The molecule has 0 aliphatic rings. The van der Waals surface area contributed by atoms with Crippen molar-refractivity contribution < 1.29 is 36.6 Å². The molecule has 2 nitrogen and oxygen atoms in total. The number of hydrogen-bond donors (Lipinski definition) is 2. The minimum Gasteiger partial charge on any atom is -0.392 e. The third-order valence-electron chi connectivity index (χ3n) is 7.47. The normalized spacial score (nSPS) is 11.5. The standard InChI is InChI=1S/C34H20F6O2/c35-27-11-19(12-28(36)33(27)39)23-9-17-5-1-3-7-21(17)31(25(23)15-41)32-22-8-4-2-6-18(22)10-24(26(32)16-42)20-13-29(37)34(40)30(38)14-20/h1-14,41-42H,15-16H2. The summed E-state index contributed by atoms with van der Waals surface area (Å²) >= 11 is 0. The fraction of sp³-hybridized carbons (Fsp3) is 0.0588. The van der Waals surface area contributed by atoms with Gasteiger partial charge in [0.05, 0.1) is 13.2 Å². The molecule has 0 aliphatic carbocycles. The smallest absolute Gasteiger partial charge is 0.194 e. The third-order valence-corrected chi connectivity index (χ3v) is 7.47. The molecular weight excluding hydrogens is 554 g/mol. The van der Waals surface area contributed by atoms with Gasteiger partial charge < -0.3 is 10.2 Å². The summed E-state index contributed by atoms with van der Waals surface area (Å²) in [6, 6.07) is 20.6. The molecule has 0 aliphatic heterocycles. The van der Waals surface area contributed by atoms with Gasteiger partial charge in [0.15, 0.2) is 34.9 Å². The molecule has 6 aromatic rings. The van der Waals surface area contributed by atoms with Gasteiger partial charge in [-0.05, 0) is 102 Å². The molecule has 0 saturated heterocycles. The van der Waals surface area contributed by atoms with E-state index in [1.54, 1.807) is 60.7 Å². The molecule has 2 N–H and O–H groups in total. The van der Waals surface area contributed by atoms with Crippen LogP contribution in [0.1, 0.15) is 11.1 Å². The predicted octanol–water partition coefficient (Wildman–Crippen LogP) is 8.81. The van der Waals surface area contributed by atoms with Crippen molar-refractivity contribution in [2.24, 2.45) is 0 Å². The number of fused-ring (bicyclic) bond motifs is 2. The quantitative estimate of drug-likeness (QED) is 0.160. The lowest BCUT2D eigenvalue weighted by molar-refractivity contribution is 0.281. The van der Waals surface area contributed by atoms with E-state index in [1.165, 1.54) is 0 Å². The maximum atomic E-state index is 14.4. The first-order valence-electron chi connectivity index (χ1n) is 12.8. The Kier molecular flexibility index (Phi) is 6.96. The van der Waals surface area contributed by atoms with Crippen molar-refractivity contribution in [1.82, 2.24) is 0 Å². The van der Waals surface area contributed by atoms with E-state index in [0.717, 1.165) is 24.3 Å². The van der Waals surface area contributed by atoms with Crippen molar-refractivity contribution in [1.29, 1.82) is 0 Å². The molecule has 42 heavy (non-hydrogen) atoms. The van der Waals surface area contributed by atoms with E-state index in [4.69, 9.17) is 0 Å². The lowest BCUT2D eigenvalue weighted by atomic mass is 9.81. The van der Waals surface area contributed by atoms with Gasteiger partial charge in [-0.15, -0.1) is 0 Å². The molecule has 0 bridgehead atoms. The molecule has 210 valence electrons. The van der Waals surface area contributed by atoms with Gasteiger partial charge in [0.25, 0.3) is 0 Å². The predicted molar refractivity (Wildman–Crippen MR) is 149 cm³/mol. The van der Waals surface area contributed by atoms with Gasteiger partial charge in [0.1, 0.15) is 0 Å². The fourth-order valence-corrected chi connectivity index (χ4v) is 5.62. The first kappa shape index (κ1) is 27.5. The molecule has 0 fully saturated rings. The van der Waals surface area contributed by atoms with Gasteiger partial charge in [0, 0.05) is 0 Å². The molecule has 0 amide bonds. The molecule has 0 atom stereocenters. The summed E-state index contributed by atoms with van der Waals surface area (Å²) < 4.78 is 85.2. The minimum atomic E-state index is -1.63. The second-order valence-corrected chi connectivity index (χ2v) is 9.82. The molecule has 6 aromatic carbocycles. The first-order valence-corrected chi connectivity index (χ1v) is 12.8. The second kappa shape index (κ2) is 10.6. The highest BCUT2D eigenvalue weighted by Gasteiger charge is 2.24. The lowest BCUT2D eigenvalue weighted by Gasteiger charge is -2.23. The summed E-state index contributed by atoms with van der Waals surface area (Å²) in [5, 5.41) is 23.9. The molecular formula is C34H20F6O2. The molecule has 0 unspecified atom stereocenters. The Bertz CT molecular complexity index is 1840. The van der Waals surface area contributed by atoms with Crippen LogP contribution in [0.4, 0.5) is 26.3 Å². The summed E-state index contributed by atoms with van der Waals surface area (Å²) in [5.74, 6) is -8.91. The van der Waals surface area contributed by atoms with Crippen LogP contribution >= 0.6 is 0 Å². The Balaban J connectivity index is 1.80. The Morgan fingerprint density at radius 3 is 1.12 bits per heavy atom. The van der Waals surface area contributed by atoms with Gasteiger partial charge in [-0.1, -0.05) is 48.5 Å². The summed E-state index contributed by atoms with van der Waals surface area (Å²) in [6.07, 6.45) is 0. The van der Waals surface area contributed by atoms with E-state index < -0.39 is 48.1 Å². The van der Waals surface area contributed by atoms with Crippen LogP contribution in [-0.4, -0.2) is 10.2 Å². The van der Waals surface area contributed by atoms with Gasteiger partial charge in [-0.25, -0.2) is 26.3 Å². The first-order chi connectivity index (χ1) is 20.2. The molecule has 8 heteroatoms. The van der Waals surface area contributed by atoms with Crippen molar-refractivity contribution in [3.63, 3.8) is 0 Å². The van der Waals surface area contributed by atoms with Crippen LogP contribution in [0.3, 0.4) is 0 Å². The monoisotopic (exact) mass is 574 g/mol. The van der Waals surface area contributed by atoms with Crippen molar-refractivity contribution in [2.45, 2.75) is 13.2 Å². The lowest BCUT2D eigenvalue weighted by Crippen LogP contribution is -2.03. The SMILES string of the molecule is OCc1c(-c2cc(F)c(F)c(F)c2)cc2ccccc2c1-c1c(CO)c(-c2cc(F)c(F)c(F)c2)cc2ccccc12. The van der Waals surface area contributed by atoms with Crippen LogP contribution in [-0.2, 0) is 13.2 Å². The summed E-state index contributed by atoms with van der Waals surface area (Å²) in [4.78, 5) is 0. The zero-order valence-electron chi connectivity index (χ0n) is 21.7. The van der Waals surface area contributed by atoms with Crippen LogP contribution in [0, 0.1) is 34.9 Å². The number of rotatable bonds is 5. The van der Waals surface area contributed by atoms with E-state index in [2.05, 4.69) is 0 Å². The Labute approximate surface area is 235 Å². The average molecular weight is 575 g/mol. The Morgan fingerprint density at radius 1 is 0.452 bits per heavy atom. The van der Waals surface area contributed by atoms with E-state index >= 15 is 0 Å². The molecule has 0 saturated carbocycles. The molecule has 0 aromatic heterocycles. The van der Waals surface area contributed by atoms with E-state index in [-0.39, 0.29) is 33.4 Å². The number of aliphatic hydroxyl groups is 2. The van der Waals surface area contributed by atoms with Gasteiger partial charge in [-0.2, -0.15) is 0 Å². The van der Waals surface area contributed by atoms with Gasteiger partial charge >= 0.3 is 0 Å². The number of halogens is 6. The maximum absolute atomic E-state index is 14.4. The zero-order valence-corrected chi connectivity index (χ0v) is 21.7. The zero-order chi connectivity index (χ0) is 29.7. The number of benzene rings is 6. The van der Waals surface area contributed by atoms with Crippen molar-refractivity contribution in [3.8, 4) is 33.4 Å². The maximum Gasteiger partial charge on any atom is 0.194 e. The molecule has 0 spiro atoms. The van der Waals surface area contributed by atoms with Crippen molar-refractivity contribution in [3.05, 3.63) is 131 Å². The highest BCUT2D eigenvalue weighted by atomic mass is 19.2.